The number of thioether (sulfide) groups is 1. The molecule has 0 heterocycles. The van der Waals surface area contributed by atoms with Gasteiger partial charge in [-0.25, -0.2) is 0 Å². The zero-order valence-corrected chi connectivity index (χ0v) is 9.56. The molecule has 5 heteroatoms. The lowest BCUT2D eigenvalue weighted by Crippen LogP contribution is -2.40. The molecule has 0 aliphatic rings. The lowest BCUT2D eigenvalue weighted by Gasteiger charge is -2.14. The molecular weight excluding hydrogens is 202 g/mol. The van der Waals surface area contributed by atoms with E-state index < -0.39 is 17.8 Å². The van der Waals surface area contributed by atoms with Crippen LogP contribution >= 0.6 is 11.8 Å². The number of carboxylic acid groups (broad SMARTS) is 1. The Balaban J connectivity index is 3.87. The van der Waals surface area contributed by atoms with Gasteiger partial charge in [0.05, 0.1) is 0 Å². The van der Waals surface area contributed by atoms with Gasteiger partial charge in [0, 0.05) is 11.8 Å². The van der Waals surface area contributed by atoms with Crippen molar-refractivity contribution in [2.24, 2.45) is 5.92 Å². The molecule has 0 aromatic rings. The predicted molar refractivity (Wildman–Crippen MR) is 57.4 cm³/mol. The minimum atomic E-state index is -1.09. The van der Waals surface area contributed by atoms with Crippen molar-refractivity contribution in [1.29, 1.82) is 0 Å². The molecule has 82 valence electrons. The van der Waals surface area contributed by atoms with Crippen LogP contribution in [0.5, 0.6) is 0 Å². The highest BCUT2D eigenvalue weighted by atomic mass is 32.2. The SMILES string of the molecule is CCSCC(C)NC(=O)C(C)C(=O)O. The average molecular weight is 219 g/mol. The van der Waals surface area contributed by atoms with Crippen LogP contribution in [-0.4, -0.2) is 34.5 Å². The van der Waals surface area contributed by atoms with Gasteiger partial charge in [-0.2, -0.15) is 11.8 Å². The van der Waals surface area contributed by atoms with Crippen LogP contribution in [-0.2, 0) is 9.59 Å². The number of amides is 1. The standard InChI is InChI=1S/C9H17NO3S/c1-4-14-5-6(2)10-8(11)7(3)9(12)13/h6-7H,4-5H2,1-3H3,(H,10,11)(H,12,13). The molecule has 0 spiro atoms. The largest absolute Gasteiger partial charge is 0.481 e. The Bertz CT molecular complexity index is 208. The molecule has 0 aliphatic carbocycles. The van der Waals surface area contributed by atoms with E-state index in [-0.39, 0.29) is 6.04 Å². The van der Waals surface area contributed by atoms with E-state index in [1.54, 1.807) is 11.8 Å². The van der Waals surface area contributed by atoms with Crippen molar-refractivity contribution in [2.75, 3.05) is 11.5 Å². The molecular formula is C9H17NO3S. The number of carboxylic acids is 1. The molecule has 0 radical (unpaired) electrons. The van der Waals surface area contributed by atoms with Gasteiger partial charge in [0.15, 0.2) is 0 Å². The third kappa shape index (κ3) is 5.11. The fraction of sp³-hybridized carbons (Fsp3) is 0.778. The number of hydrogen-bond acceptors (Lipinski definition) is 3. The summed E-state index contributed by atoms with van der Waals surface area (Å²) < 4.78 is 0. The van der Waals surface area contributed by atoms with Gasteiger partial charge in [-0.15, -0.1) is 0 Å². The normalized spacial score (nSPS) is 14.5. The Labute approximate surface area is 88.4 Å². The van der Waals surface area contributed by atoms with Gasteiger partial charge in [-0.05, 0) is 19.6 Å². The fourth-order valence-corrected chi connectivity index (χ4v) is 1.49. The first-order chi connectivity index (χ1) is 6.49. The lowest BCUT2D eigenvalue weighted by molar-refractivity contribution is -0.146. The molecule has 0 rings (SSSR count). The van der Waals surface area contributed by atoms with Gasteiger partial charge in [0.25, 0.3) is 0 Å². The third-order valence-corrected chi connectivity index (χ3v) is 2.87. The number of nitrogens with one attached hydrogen (secondary N) is 1. The molecule has 2 unspecified atom stereocenters. The first-order valence-electron chi connectivity index (χ1n) is 4.60. The Morgan fingerprint density at radius 3 is 2.43 bits per heavy atom. The molecule has 2 atom stereocenters. The van der Waals surface area contributed by atoms with E-state index in [4.69, 9.17) is 5.11 Å². The van der Waals surface area contributed by atoms with E-state index in [1.165, 1.54) is 6.92 Å². The summed E-state index contributed by atoms with van der Waals surface area (Å²) in [7, 11) is 0. The topological polar surface area (TPSA) is 66.4 Å². The molecule has 14 heavy (non-hydrogen) atoms. The van der Waals surface area contributed by atoms with Gasteiger partial charge >= 0.3 is 5.97 Å². The van der Waals surface area contributed by atoms with Gasteiger partial charge < -0.3 is 10.4 Å². The van der Waals surface area contributed by atoms with E-state index in [9.17, 15) is 9.59 Å². The summed E-state index contributed by atoms with van der Waals surface area (Å²) in [6, 6.07) is 0.0225. The Kier molecular flexibility index (Phi) is 6.36. The van der Waals surface area contributed by atoms with Crippen LogP contribution in [0.1, 0.15) is 20.8 Å². The summed E-state index contributed by atoms with van der Waals surface area (Å²) in [6.45, 7) is 5.30. The summed E-state index contributed by atoms with van der Waals surface area (Å²) in [5, 5.41) is 11.2. The number of carbonyl (C=O) groups is 2. The highest BCUT2D eigenvalue weighted by Crippen LogP contribution is 2.02. The molecule has 0 aromatic heterocycles. The quantitative estimate of drug-likeness (QED) is 0.653. The molecule has 0 aromatic carbocycles. The van der Waals surface area contributed by atoms with E-state index in [2.05, 4.69) is 5.32 Å². The highest BCUT2D eigenvalue weighted by molar-refractivity contribution is 7.99. The zero-order chi connectivity index (χ0) is 11.1. The number of carbonyl (C=O) groups excluding carboxylic acids is 1. The second kappa shape index (κ2) is 6.70. The van der Waals surface area contributed by atoms with Crippen molar-refractivity contribution in [3.63, 3.8) is 0 Å². The maximum absolute atomic E-state index is 11.3. The van der Waals surface area contributed by atoms with Gasteiger partial charge in [0.1, 0.15) is 5.92 Å². The van der Waals surface area contributed by atoms with Gasteiger partial charge in [0.2, 0.25) is 5.91 Å². The fourth-order valence-electron chi connectivity index (χ4n) is 0.816. The second-order valence-electron chi connectivity index (χ2n) is 3.13. The van der Waals surface area contributed by atoms with Crippen molar-refractivity contribution in [3.05, 3.63) is 0 Å². The first kappa shape index (κ1) is 13.3. The minimum Gasteiger partial charge on any atom is -0.481 e. The molecule has 0 saturated carbocycles. The van der Waals surface area contributed by atoms with Crippen LogP contribution in [0, 0.1) is 5.92 Å². The van der Waals surface area contributed by atoms with Crippen molar-refractivity contribution in [3.8, 4) is 0 Å². The zero-order valence-electron chi connectivity index (χ0n) is 8.74. The molecule has 2 N–H and O–H groups in total. The van der Waals surface area contributed by atoms with E-state index in [1.807, 2.05) is 13.8 Å². The Hall–Kier alpha value is -0.710. The minimum absolute atomic E-state index is 0.0225. The van der Waals surface area contributed by atoms with E-state index >= 15 is 0 Å². The van der Waals surface area contributed by atoms with E-state index in [0.717, 1.165) is 11.5 Å². The summed E-state index contributed by atoms with van der Waals surface area (Å²) in [4.78, 5) is 21.7. The van der Waals surface area contributed by atoms with Crippen LogP contribution < -0.4 is 5.32 Å². The predicted octanol–water partition coefficient (Wildman–Crippen LogP) is 0.965. The Morgan fingerprint density at radius 1 is 1.43 bits per heavy atom. The van der Waals surface area contributed by atoms with Crippen LogP contribution in [0.15, 0.2) is 0 Å². The number of rotatable bonds is 6. The maximum Gasteiger partial charge on any atom is 0.315 e. The monoisotopic (exact) mass is 219 g/mol. The van der Waals surface area contributed by atoms with E-state index in [0.29, 0.717) is 0 Å². The van der Waals surface area contributed by atoms with Gasteiger partial charge in [-0.1, -0.05) is 6.92 Å². The molecule has 0 fully saturated rings. The average Bonchev–Trinajstić information content (AvgIpc) is 2.13. The molecule has 0 bridgehead atoms. The summed E-state index contributed by atoms with van der Waals surface area (Å²) >= 11 is 1.72. The number of aliphatic carboxylic acids is 1. The summed E-state index contributed by atoms with van der Waals surface area (Å²) in [5.41, 5.74) is 0. The van der Waals surface area contributed by atoms with Gasteiger partial charge in [-0.3, -0.25) is 9.59 Å². The van der Waals surface area contributed by atoms with Crippen LogP contribution in [0.4, 0.5) is 0 Å². The molecule has 0 saturated heterocycles. The highest BCUT2D eigenvalue weighted by Gasteiger charge is 2.21. The third-order valence-electron chi connectivity index (χ3n) is 1.72. The van der Waals surface area contributed by atoms with Crippen LogP contribution in [0.25, 0.3) is 0 Å². The molecule has 0 aliphatic heterocycles. The summed E-state index contributed by atoms with van der Waals surface area (Å²) in [6.07, 6.45) is 0. The first-order valence-corrected chi connectivity index (χ1v) is 5.75. The van der Waals surface area contributed by atoms with Crippen molar-refractivity contribution in [1.82, 2.24) is 5.32 Å². The second-order valence-corrected chi connectivity index (χ2v) is 4.45. The lowest BCUT2D eigenvalue weighted by atomic mass is 10.1. The number of hydrogen-bond donors (Lipinski definition) is 2. The van der Waals surface area contributed by atoms with Crippen molar-refractivity contribution < 1.29 is 14.7 Å². The van der Waals surface area contributed by atoms with Crippen molar-refractivity contribution >= 4 is 23.6 Å². The van der Waals surface area contributed by atoms with Crippen LogP contribution in [0.2, 0.25) is 0 Å². The van der Waals surface area contributed by atoms with Crippen LogP contribution in [0.3, 0.4) is 0 Å². The molecule has 1 amide bonds. The maximum atomic E-state index is 11.3. The smallest absolute Gasteiger partial charge is 0.315 e. The molecule has 4 nitrogen and oxygen atoms in total. The summed E-state index contributed by atoms with van der Waals surface area (Å²) in [5.74, 6) is -0.660. The Morgan fingerprint density at radius 2 is 2.00 bits per heavy atom. The van der Waals surface area contributed by atoms with Crippen molar-refractivity contribution in [2.45, 2.75) is 26.8 Å².